The van der Waals surface area contributed by atoms with Gasteiger partial charge in [0.25, 0.3) is 0 Å². The summed E-state index contributed by atoms with van der Waals surface area (Å²) in [5.41, 5.74) is 0. The van der Waals surface area contributed by atoms with Gasteiger partial charge >= 0.3 is 0 Å². The van der Waals surface area contributed by atoms with Crippen molar-refractivity contribution in [3.63, 3.8) is 0 Å². The van der Waals surface area contributed by atoms with Gasteiger partial charge in [-0.25, -0.2) is 0 Å². The predicted molar refractivity (Wildman–Crippen MR) is 47.8 cm³/mol. The third-order valence-electron chi connectivity index (χ3n) is 2.89. The van der Waals surface area contributed by atoms with Gasteiger partial charge in [-0.15, -0.1) is 0 Å². The van der Waals surface area contributed by atoms with Gasteiger partial charge in [-0.1, -0.05) is 26.2 Å². The van der Waals surface area contributed by atoms with E-state index in [2.05, 4.69) is 0 Å². The van der Waals surface area contributed by atoms with Crippen molar-refractivity contribution in [2.75, 3.05) is 0 Å². The fraction of sp³-hybridized carbons (Fsp3) is 0.900. The number of aldehydes is 1. The van der Waals surface area contributed by atoms with Crippen molar-refractivity contribution in [3.8, 4) is 0 Å². The molecule has 0 amide bonds. The van der Waals surface area contributed by atoms with Gasteiger partial charge in [0.05, 0.1) is 6.10 Å². The van der Waals surface area contributed by atoms with Crippen LogP contribution >= 0.6 is 0 Å². The average molecular weight is 170 g/mol. The second kappa shape index (κ2) is 4.61. The second-order valence-electron chi connectivity index (χ2n) is 3.88. The fourth-order valence-electron chi connectivity index (χ4n) is 1.99. The lowest BCUT2D eigenvalue weighted by molar-refractivity contribution is -0.115. The van der Waals surface area contributed by atoms with Crippen LogP contribution < -0.4 is 0 Å². The molecule has 1 saturated carbocycles. The maximum absolute atomic E-state index is 10.4. The highest BCUT2D eigenvalue weighted by Gasteiger charge is 2.25. The summed E-state index contributed by atoms with van der Waals surface area (Å²) in [5, 5.41) is 9.71. The highest BCUT2D eigenvalue weighted by molar-refractivity contribution is 5.53. The predicted octanol–water partition coefficient (Wildman–Crippen LogP) is 1.76. The number of aliphatic hydroxyl groups excluding tert-OH is 1. The Morgan fingerprint density at radius 2 is 1.92 bits per heavy atom. The first-order chi connectivity index (χ1) is 5.75. The molecule has 0 unspecified atom stereocenters. The molecule has 1 N–H and O–H groups in total. The normalized spacial score (nSPS) is 24.8. The largest absolute Gasteiger partial charge is 0.392 e. The van der Waals surface area contributed by atoms with Gasteiger partial charge in [-0.05, 0) is 18.8 Å². The zero-order valence-corrected chi connectivity index (χ0v) is 7.70. The third kappa shape index (κ3) is 2.31. The van der Waals surface area contributed by atoms with E-state index in [1.54, 1.807) is 6.92 Å². The van der Waals surface area contributed by atoms with Crippen LogP contribution in [0.25, 0.3) is 0 Å². The van der Waals surface area contributed by atoms with E-state index in [0.717, 1.165) is 19.1 Å². The molecule has 1 fully saturated rings. The van der Waals surface area contributed by atoms with E-state index in [1.165, 1.54) is 19.3 Å². The van der Waals surface area contributed by atoms with Crippen LogP contribution in [0.5, 0.6) is 0 Å². The van der Waals surface area contributed by atoms with Gasteiger partial charge in [0, 0.05) is 5.92 Å². The molecule has 0 aliphatic heterocycles. The van der Waals surface area contributed by atoms with Crippen LogP contribution in [0, 0.1) is 11.8 Å². The summed E-state index contributed by atoms with van der Waals surface area (Å²) in [5.74, 6) is 0.187. The number of hydrogen-bond acceptors (Lipinski definition) is 2. The Balaban J connectivity index is 2.38. The van der Waals surface area contributed by atoms with Gasteiger partial charge in [0.2, 0.25) is 0 Å². The van der Waals surface area contributed by atoms with E-state index in [9.17, 15) is 9.90 Å². The van der Waals surface area contributed by atoms with Crippen LogP contribution in [0.4, 0.5) is 0 Å². The lowest BCUT2D eigenvalue weighted by Gasteiger charge is -2.28. The number of carbonyl (C=O) groups is 1. The number of aliphatic hydroxyl groups is 1. The maximum atomic E-state index is 10.4. The van der Waals surface area contributed by atoms with Crippen LogP contribution in [-0.4, -0.2) is 17.5 Å². The Kier molecular flexibility index (Phi) is 3.73. The second-order valence-corrected chi connectivity index (χ2v) is 3.88. The quantitative estimate of drug-likeness (QED) is 0.655. The number of rotatable bonds is 3. The summed E-state index contributed by atoms with van der Waals surface area (Å²) in [6.45, 7) is 1.80. The first kappa shape index (κ1) is 9.72. The molecular weight excluding hydrogens is 152 g/mol. The summed E-state index contributed by atoms with van der Waals surface area (Å²) < 4.78 is 0. The molecule has 1 rings (SSSR count). The topological polar surface area (TPSA) is 37.3 Å². The van der Waals surface area contributed by atoms with Crippen LogP contribution in [0.15, 0.2) is 0 Å². The van der Waals surface area contributed by atoms with E-state index in [0.29, 0.717) is 5.92 Å². The van der Waals surface area contributed by atoms with Crippen molar-refractivity contribution < 1.29 is 9.90 Å². The molecule has 2 atom stereocenters. The monoisotopic (exact) mass is 170 g/mol. The van der Waals surface area contributed by atoms with Crippen molar-refractivity contribution in [2.24, 2.45) is 11.8 Å². The number of hydrogen-bond donors (Lipinski definition) is 1. The lowest BCUT2D eigenvalue weighted by atomic mass is 9.81. The molecule has 2 nitrogen and oxygen atoms in total. The molecule has 0 bridgehead atoms. The molecular formula is C10H18O2. The smallest absolute Gasteiger partial charge is 0.125 e. The van der Waals surface area contributed by atoms with Crippen LogP contribution in [-0.2, 0) is 4.79 Å². The molecule has 1 aliphatic carbocycles. The Hall–Kier alpha value is -0.370. The minimum atomic E-state index is -0.400. The molecule has 0 aromatic carbocycles. The van der Waals surface area contributed by atoms with Gasteiger partial charge < -0.3 is 9.90 Å². The van der Waals surface area contributed by atoms with E-state index < -0.39 is 6.10 Å². The Morgan fingerprint density at radius 3 is 2.42 bits per heavy atom. The van der Waals surface area contributed by atoms with Crippen LogP contribution in [0.3, 0.4) is 0 Å². The molecule has 0 aromatic rings. The Bertz CT molecular complexity index is 139. The SMILES string of the molecule is C[C@H](C=O)[C@H](O)C1CCCCC1. The van der Waals surface area contributed by atoms with Gasteiger partial charge in [-0.2, -0.15) is 0 Å². The lowest BCUT2D eigenvalue weighted by Crippen LogP contribution is -2.29. The first-order valence-electron chi connectivity index (χ1n) is 4.89. The Morgan fingerprint density at radius 1 is 1.33 bits per heavy atom. The van der Waals surface area contributed by atoms with E-state index >= 15 is 0 Å². The average Bonchev–Trinajstić information content (AvgIpc) is 2.17. The maximum Gasteiger partial charge on any atom is 0.125 e. The fourth-order valence-corrected chi connectivity index (χ4v) is 1.99. The van der Waals surface area contributed by atoms with Crippen LogP contribution in [0.1, 0.15) is 39.0 Å². The Labute approximate surface area is 74.0 Å². The summed E-state index contributed by atoms with van der Waals surface area (Å²) in [7, 11) is 0. The molecule has 2 heteroatoms. The first-order valence-corrected chi connectivity index (χ1v) is 4.89. The highest BCUT2D eigenvalue weighted by atomic mass is 16.3. The highest BCUT2D eigenvalue weighted by Crippen LogP contribution is 2.28. The van der Waals surface area contributed by atoms with Crippen LogP contribution in [0.2, 0.25) is 0 Å². The van der Waals surface area contributed by atoms with Crippen molar-refractivity contribution in [1.29, 1.82) is 0 Å². The van der Waals surface area contributed by atoms with Gasteiger partial charge in [-0.3, -0.25) is 0 Å². The minimum absolute atomic E-state index is 0.187. The van der Waals surface area contributed by atoms with Crippen molar-refractivity contribution >= 4 is 6.29 Å². The van der Waals surface area contributed by atoms with Gasteiger partial charge in [0.15, 0.2) is 0 Å². The van der Waals surface area contributed by atoms with E-state index in [1.807, 2.05) is 0 Å². The standard InChI is InChI=1S/C10H18O2/c1-8(7-11)10(12)9-5-3-2-4-6-9/h7-10,12H,2-6H2,1H3/t8-,10+/m1/s1. The molecule has 0 radical (unpaired) electrons. The molecule has 12 heavy (non-hydrogen) atoms. The molecule has 0 spiro atoms. The van der Waals surface area contributed by atoms with Crippen molar-refractivity contribution in [3.05, 3.63) is 0 Å². The molecule has 1 aliphatic rings. The summed E-state index contributed by atoms with van der Waals surface area (Å²) in [6, 6.07) is 0. The molecule has 0 aromatic heterocycles. The zero-order chi connectivity index (χ0) is 8.97. The molecule has 70 valence electrons. The van der Waals surface area contributed by atoms with Crippen molar-refractivity contribution in [1.82, 2.24) is 0 Å². The van der Waals surface area contributed by atoms with Crippen molar-refractivity contribution in [2.45, 2.75) is 45.1 Å². The summed E-state index contributed by atoms with van der Waals surface area (Å²) >= 11 is 0. The third-order valence-corrected chi connectivity index (χ3v) is 2.89. The number of carbonyl (C=O) groups excluding carboxylic acids is 1. The molecule has 0 saturated heterocycles. The van der Waals surface area contributed by atoms with Gasteiger partial charge in [0.1, 0.15) is 6.29 Å². The van der Waals surface area contributed by atoms with E-state index in [-0.39, 0.29) is 5.92 Å². The zero-order valence-electron chi connectivity index (χ0n) is 7.70. The van der Waals surface area contributed by atoms with E-state index in [4.69, 9.17) is 0 Å². The summed E-state index contributed by atoms with van der Waals surface area (Å²) in [6.07, 6.45) is 6.37. The minimum Gasteiger partial charge on any atom is -0.392 e. The summed E-state index contributed by atoms with van der Waals surface area (Å²) in [4.78, 5) is 10.4. The molecule has 0 heterocycles.